The molecule has 0 aliphatic heterocycles. The van der Waals surface area contributed by atoms with Crippen LogP contribution in [-0.2, 0) is 9.53 Å². The Morgan fingerprint density at radius 2 is 2.09 bits per heavy atom. The fourth-order valence-electron chi connectivity index (χ4n) is 0.996. The predicted octanol–water partition coefficient (Wildman–Crippen LogP) is 2.08. The van der Waals surface area contributed by atoms with E-state index in [-0.39, 0.29) is 9.83 Å². The molecule has 0 aliphatic rings. The van der Waals surface area contributed by atoms with Crippen molar-refractivity contribution >= 4 is 26.2 Å². The summed E-state index contributed by atoms with van der Waals surface area (Å²) in [5.74, 6) is 0.0138. The molecule has 3 heteroatoms. The van der Waals surface area contributed by atoms with Crippen molar-refractivity contribution in [2.75, 3.05) is 7.11 Å². The number of ether oxygens (including phenoxy) is 1. The van der Waals surface area contributed by atoms with Crippen molar-refractivity contribution < 1.29 is 9.53 Å². The minimum absolute atomic E-state index is 0.0138. The summed E-state index contributed by atoms with van der Waals surface area (Å²) in [4.78, 5) is 15.6. The van der Waals surface area contributed by atoms with Gasteiger partial charge in [0.1, 0.15) is 0 Å². The first-order valence-electron chi connectivity index (χ1n) is 3.87. The van der Waals surface area contributed by atoms with E-state index in [1.807, 2.05) is 0 Å². The number of hydrogen-bond donors (Lipinski definition) is 0. The maximum absolute atomic E-state index is 11.2. The number of esters is 1. The molecule has 1 unspecified atom stereocenters. The Balaban J connectivity index is 3.98. The van der Waals surface area contributed by atoms with Crippen LogP contribution in [-0.4, -0.2) is 33.3 Å². The first-order valence-corrected chi connectivity index (χ1v) is 10.5. The first-order chi connectivity index (χ1) is 5.13. The third-order valence-corrected chi connectivity index (χ3v) is 6.56. The predicted molar refractivity (Wildman–Crippen MR) is 48.2 cm³/mol. The van der Waals surface area contributed by atoms with Crippen LogP contribution in [0.4, 0.5) is 0 Å². The Hall–Kier alpha value is 0.288. The molecule has 2 nitrogen and oxygen atoms in total. The van der Waals surface area contributed by atoms with Gasteiger partial charge in [-0.3, -0.25) is 0 Å². The Kier molecular flexibility index (Phi) is 6.03. The molecule has 0 amide bonds. The van der Waals surface area contributed by atoms with Gasteiger partial charge >= 0.3 is 76.2 Å². The van der Waals surface area contributed by atoms with Crippen LogP contribution in [0.25, 0.3) is 0 Å². The topological polar surface area (TPSA) is 26.3 Å². The summed E-state index contributed by atoms with van der Waals surface area (Å²) >= 11 is -1.25. The summed E-state index contributed by atoms with van der Waals surface area (Å²) in [6.45, 7) is 2.11. The van der Waals surface area contributed by atoms with Crippen LogP contribution in [0, 0.1) is 0 Å². The average molecular weight is 267 g/mol. The zero-order valence-corrected chi connectivity index (χ0v) is 10.3. The van der Waals surface area contributed by atoms with Crippen LogP contribution in [0.1, 0.15) is 19.8 Å². The molecule has 0 heterocycles. The molecule has 0 aromatic carbocycles. The van der Waals surface area contributed by atoms with Crippen LogP contribution in [0.3, 0.4) is 0 Å². The number of carbonyl (C=O) groups excluding carboxylic acids is 1. The van der Waals surface area contributed by atoms with E-state index in [1.54, 1.807) is 0 Å². The molecule has 0 N–H and O–H groups in total. The van der Waals surface area contributed by atoms with Crippen LogP contribution >= 0.6 is 0 Å². The average Bonchev–Trinajstić information content (AvgIpc) is 1.98. The van der Waals surface area contributed by atoms with E-state index in [2.05, 4.69) is 16.7 Å². The zero-order valence-electron chi connectivity index (χ0n) is 7.76. The molecule has 0 aromatic rings. The molecular formula is C8H17O2Sb. The van der Waals surface area contributed by atoms with Gasteiger partial charge in [0.2, 0.25) is 0 Å². The molecule has 0 saturated heterocycles. The summed E-state index contributed by atoms with van der Waals surface area (Å²) in [5.41, 5.74) is 0. The van der Waals surface area contributed by atoms with Crippen molar-refractivity contribution in [3.63, 3.8) is 0 Å². The monoisotopic (exact) mass is 266 g/mol. The summed E-state index contributed by atoms with van der Waals surface area (Å²) in [7, 11) is 1.48. The summed E-state index contributed by atoms with van der Waals surface area (Å²) in [5, 5.41) is 0. The van der Waals surface area contributed by atoms with Gasteiger partial charge in [-0.25, -0.2) is 0 Å². The Labute approximate surface area is 76.3 Å². The van der Waals surface area contributed by atoms with Crippen molar-refractivity contribution in [3.8, 4) is 0 Å². The number of rotatable bonds is 4. The molecule has 0 rings (SSSR count). The van der Waals surface area contributed by atoms with Gasteiger partial charge in [-0.1, -0.05) is 0 Å². The Bertz CT molecular complexity index is 123. The zero-order chi connectivity index (χ0) is 8.85. The number of hydrogen-bond acceptors (Lipinski definition) is 2. The second kappa shape index (κ2) is 5.88. The van der Waals surface area contributed by atoms with Crippen LogP contribution in [0.2, 0.25) is 13.6 Å². The van der Waals surface area contributed by atoms with E-state index in [0.717, 1.165) is 12.8 Å². The fraction of sp³-hybridized carbons (Fsp3) is 0.875. The molecule has 0 spiro atoms. The van der Waals surface area contributed by atoms with Gasteiger partial charge in [-0.15, -0.1) is 0 Å². The first kappa shape index (κ1) is 11.3. The van der Waals surface area contributed by atoms with E-state index in [1.165, 1.54) is 7.11 Å². The third kappa shape index (κ3) is 4.00. The normalized spacial score (nSPS) is 13.2. The van der Waals surface area contributed by atoms with Crippen LogP contribution in [0.15, 0.2) is 0 Å². The van der Waals surface area contributed by atoms with E-state index in [0.29, 0.717) is 0 Å². The molecule has 0 radical (unpaired) electrons. The Morgan fingerprint density at radius 1 is 1.55 bits per heavy atom. The van der Waals surface area contributed by atoms with Crippen LogP contribution in [0.5, 0.6) is 0 Å². The van der Waals surface area contributed by atoms with Gasteiger partial charge in [-0.05, 0) is 0 Å². The van der Waals surface area contributed by atoms with Crippen LogP contribution < -0.4 is 0 Å². The molecule has 11 heavy (non-hydrogen) atoms. The standard InChI is InChI=1S/C6H11O2.2CH3.Sb/c1-3-4-5-6(7)8-2;;;/h5H,3-4H2,1-2H3;2*1H3;. The summed E-state index contributed by atoms with van der Waals surface area (Å²) in [6.07, 6.45) is 2.10. The number of carbonyl (C=O) groups is 1. The SMILES string of the molecule is CCC[CH](C(=O)OC)[Sb]([CH3])[CH3]. The van der Waals surface area contributed by atoms with E-state index in [4.69, 9.17) is 4.74 Å². The molecule has 0 aliphatic carbocycles. The second-order valence-electron chi connectivity index (χ2n) is 2.79. The van der Waals surface area contributed by atoms with Gasteiger partial charge < -0.3 is 0 Å². The molecule has 1 atom stereocenters. The second-order valence-corrected chi connectivity index (χ2v) is 10.1. The molecule has 0 bridgehead atoms. The molecular weight excluding hydrogens is 250 g/mol. The van der Waals surface area contributed by atoms with Crippen molar-refractivity contribution in [3.05, 3.63) is 0 Å². The molecule has 66 valence electrons. The Morgan fingerprint density at radius 3 is 2.36 bits per heavy atom. The van der Waals surface area contributed by atoms with Gasteiger partial charge in [0.25, 0.3) is 0 Å². The van der Waals surface area contributed by atoms with Crippen molar-refractivity contribution in [2.24, 2.45) is 0 Å². The molecule has 0 saturated carbocycles. The van der Waals surface area contributed by atoms with E-state index < -0.39 is 20.2 Å². The summed E-state index contributed by atoms with van der Waals surface area (Å²) in [6, 6.07) is 0. The molecule has 0 aromatic heterocycles. The van der Waals surface area contributed by atoms with Crippen molar-refractivity contribution in [2.45, 2.75) is 33.4 Å². The van der Waals surface area contributed by atoms with Crippen molar-refractivity contribution in [1.29, 1.82) is 0 Å². The van der Waals surface area contributed by atoms with Gasteiger partial charge in [0, 0.05) is 0 Å². The van der Waals surface area contributed by atoms with E-state index >= 15 is 0 Å². The van der Waals surface area contributed by atoms with Gasteiger partial charge in [-0.2, -0.15) is 0 Å². The fourth-order valence-corrected chi connectivity index (χ4v) is 4.71. The third-order valence-electron chi connectivity index (χ3n) is 1.66. The minimum atomic E-state index is -1.25. The van der Waals surface area contributed by atoms with Crippen molar-refractivity contribution in [1.82, 2.24) is 0 Å². The quantitative estimate of drug-likeness (QED) is 0.575. The number of methoxy groups -OCH3 is 1. The van der Waals surface area contributed by atoms with Gasteiger partial charge in [0.05, 0.1) is 0 Å². The van der Waals surface area contributed by atoms with Gasteiger partial charge in [0.15, 0.2) is 0 Å². The molecule has 0 fully saturated rings. The summed E-state index contributed by atoms with van der Waals surface area (Å²) < 4.78 is 5.00. The van der Waals surface area contributed by atoms with E-state index in [9.17, 15) is 4.79 Å². The maximum atomic E-state index is 11.2.